The lowest BCUT2D eigenvalue weighted by Crippen LogP contribution is -2.38. The summed E-state index contributed by atoms with van der Waals surface area (Å²) in [6, 6.07) is 0. The Balaban J connectivity index is 1.84. The van der Waals surface area contributed by atoms with Gasteiger partial charge in [0, 0.05) is 6.61 Å². The van der Waals surface area contributed by atoms with Gasteiger partial charge in [-0.15, -0.1) is 0 Å². The van der Waals surface area contributed by atoms with Gasteiger partial charge < -0.3 is 4.74 Å². The molecule has 2 aliphatic carbocycles. The van der Waals surface area contributed by atoms with Crippen molar-refractivity contribution in [2.75, 3.05) is 6.61 Å². The van der Waals surface area contributed by atoms with Gasteiger partial charge in [-0.1, -0.05) is 19.3 Å². The molecule has 1 heteroatoms. The van der Waals surface area contributed by atoms with Crippen molar-refractivity contribution >= 4 is 0 Å². The third kappa shape index (κ3) is 1.09. The quantitative estimate of drug-likeness (QED) is 0.602. The zero-order valence-corrected chi connectivity index (χ0v) is 8.43. The van der Waals surface area contributed by atoms with E-state index in [-0.39, 0.29) is 0 Å². The van der Waals surface area contributed by atoms with Crippen LogP contribution in [0.3, 0.4) is 0 Å². The minimum atomic E-state index is 0.385. The highest BCUT2D eigenvalue weighted by atomic mass is 16.5. The molecule has 0 aromatic heterocycles. The van der Waals surface area contributed by atoms with Crippen LogP contribution in [0.25, 0.3) is 0 Å². The number of hydrogen-bond acceptors (Lipinski definition) is 1. The lowest BCUT2D eigenvalue weighted by molar-refractivity contribution is -0.0547. The molecule has 3 rings (SSSR count). The Labute approximate surface area is 80.8 Å². The van der Waals surface area contributed by atoms with Crippen molar-refractivity contribution in [2.24, 2.45) is 11.8 Å². The Bertz CT molecular complexity index is 183. The molecular weight excluding hydrogens is 160 g/mol. The molecule has 0 bridgehead atoms. The Morgan fingerprint density at radius 3 is 2.38 bits per heavy atom. The summed E-state index contributed by atoms with van der Waals surface area (Å²) < 4.78 is 6.15. The van der Waals surface area contributed by atoms with E-state index in [2.05, 4.69) is 0 Å². The van der Waals surface area contributed by atoms with Crippen molar-refractivity contribution in [3.63, 3.8) is 0 Å². The van der Waals surface area contributed by atoms with Crippen molar-refractivity contribution in [3.05, 3.63) is 0 Å². The van der Waals surface area contributed by atoms with Crippen molar-refractivity contribution < 1.29 is 4.74 Å². The van der Waals surface area contributed by atoms with Crippen LogP contribution in [0, 0.1) is 11.8 Å². The van der Waals surface area contributed by atoms with E-state index >= 15 is 0 Å². The Morgan fingerprint density at radius 1 is 0.846 bits per heavy atom. The van der Waals surface area contributed by atoms with E-state index in [4.69, 9.17) is 4.74 Å². The number of rotatable bonds is 1. The first-order chi connectivity index (χ1) is 6.42. The highest BCUT2D eigenvalue weighted by molar-refractivity contribution is 5.02. The first-order valence-corrected chi connectivity index (χ1v) is 6.06. The maximum Gasteiger partial charge on any atom is 0.0739 e. The van der Waals surface area contributed by atoms with Crippen molar-refractivity contribution in [1.82, 2.24) is 0 Å². The van der Waals surface area contributed by atoms with Gasteiger partial charge in [-0.25, -0.2) is 0 Å². The molecule has 0 radical (unpaired) electrons. The van der Waals surface area contributed by atoms with Gasteiger partial charge in [0.15, 0.2) is 0 Å². The van der Waals surface area contributed by atoms with Gasteiger partial charge >= 0.3 is 0 Å². The number of hydrogen-bond donors (Lipinski definition) is 0. The molecule has 0 spiro atoms. The summed E-state index contributed by atoms with van der Waals surface area (Å²) in [5.41, 5.74) is 0.385. The van der Waals surface area contributed by atoms with Crippen molar-refractivity contribution in [3.8, 4) is 0 Å². The molecule has 3 fully saturated rings. The maximum absolute atomic E-state index is 6.15. The van der Waals surface area contributed by atoms with Crippen LogP contribution in [0.4, 0.5) is 0 Å². The summed E-state index contributed by atoms with van der Waals surface area (Å²) in [5.74, 6) is 1.87. The predicted octanol–water partition coefficient (Wildman–Crippen LogP) is 3.14. The maximum atomic E-state index is 6.15. The zero-order chi connectivity index (χ0) is 8.73. The van der Waals surface area contributed by atoms with Gasteiger partial charge in [-0.2, -0.15) is 0 Å². The fourth-order valence-corrected chi connectivity index (χ4v) is 4.11. The fourth-order valence-electron chi connectivity index (χ4n) is 4.11. The Hall–Kier alpha value is -0.0400. The molecular formula is C12H20O. The SMILES string of the molecule is C1CCC(C23CCCC2CCO3)C1. The van der Waals surface area contributed by atoms with E-state index in [1.165, 1.54) is 51.4 Å². The number of fused-ring (bicyclic) bond motifs is 1. The topological polar surface area (TPSA) is 9.23 Å². The van der Waals surface area contributed by atoms with Gasteiger partial charge in [0.1, 0.15) is 0 Å². The van der Waals surface area contributed by atoms with Crippen molar-refractivity contribution in [2.45, 2.75) is 57.0 Å². The normalized spacial score (nSPS) is 45.7. The average Bonchev–Trinajstić information content (AvgIpc) is 2.79. The summed E-state index contributed by atoms with van der Waals surface area (Å²) >= 11 is 0. The van der Waals surface area contributed by atoms with E-state index in [1.54, 1.807) is 0 Å². The van der Waals surface area contributed by atoms with Gasteiger partial charge in [0.25, 0.3) is 0 Å². The van der Waals surface area contributed by atoms with Crippen molar-refractivity contribution in [1.29, 1.82) is 0 Å². The monoisotopic (exact) mass is 180 g/mol. The largest absolute Gasteiger partial charge is 0.374 e. The molecule has 1 heterocycles. The van der Waals surface area contributed by atoms with Crippen LogP contribution in [-0.4, -0.2) is 12.2 Å². The minimum Gasteiger partial charge on any atom is -0.374 e. The third-order valence-corrected chi connectivity index (χ3v) is 4.69. The van der Waals surface area contributed by atoms with Gasteiger partial charge in [0.05, 0.1) is 5.60 Å². The Kier molecular flexibility index (Phi) is 1.90. The highest BCUT2D eigenvalue weighted by Gasteiger charge is 2.52. The van der Waals surface area contributed by atoms with E-state index < -0.39 is 0 Å². The molecule has 0 amide bonds. The molecule has 0 aromatic carbocycles. The molecule has 13 heavy (non-hydrogen) atoms. The van der Waals surface area contributed by atoms with Crippen LogP contribution in [0.15, 0.2) is 0 Å². The van der Waals surface area contributed by atoms with Crippen LogP contribution >= 0.6 is 0 Å². The number of ether oxygens (including phenoxy) is 1. The zero-order valence-electron chi connectivity index (χ0n) is 8.43. The summed E-state index contributed by atoms with van der Waals surface area (Å²) in [5, 5.41) is 0. The molecule has 0 aromatic rings. The second-order valence-electron chi connectivity index (χ2n) is 5.16. The molecule has 3 aliphatic rings. The summed E-state index contributed by atoms with van der Waals surface area (Å²) in [6.45, 7) is 1.06. The van der Waals surface area contributed by atoms with E-state index in [0.717, 1.165) is 18.4 Å². The Morgan fingerprint density at radius 2 is 1.54 bits per heavy atom. The standard InChI is InChI=1S/C12H20O/c1-2-5-10(4-1)12-8-3-6-11(12)7-9-13-12/h10-11H,1-9H2. The van der Waals surface area contributed by atoms with Crippen LogP contribution in [-0.2, 0) is 4.74 Å². The van der Waals surface area contributed by atoms with Crippen LogP contribution < -0.4 is 0 Å². The first-order valence-electron chi connectivity index (χ1n) is 6.06. The molecule has 1 saturated heterocycles. The van der Waals surface area contributed by atoms with Gasteiger partial charge in [-0.05, 0) is 43.9 Å². The van der Waals surface area contributed by atoms with E-state index in [9.17, 15) is 0 Å². The first kappa shape index (κ1) is 8.28. The third-order valence-electron chi connectivity index (χ3n) is 4.69. The van der Waals surface area contributed by atoms with E-state index in [0.29, 0.717) is 5.60 Å². The molecule has 74 valence electrons. The fraction of sp³-hybridized carbons (Fsp3) is 1.00. The van der Waals surface area contributed by atoms with E-state index in [1.807, 2.05) is 0 Å². The van der Waals surface area contributed by atoms with Crippen LogP contribution in [0.1, 0.15) is 51.4 Å². The smallest absolute Gasteiger partial charge is 0.0739 e. The summed E-state index contributed by atoms with van der Waals surface area (Å²) in [7, 11) is 0. The van der Waals surface area contributed by atoms with Crippen LogP contribution in [0.5, 0.6) is 0 Å². The molecule has 1 aliphatic heterocycles. The summed E-state index contributed by atoms with van der Waals surface area (Å²) in [4.78, 5) is 0. The molecule has 0 N–H and O–H groups in total. The van der Waals surface area contributed by atoms with Gasteiger partial charge in [-0.3, -0.25) is 0 Å². The molecule has 2 unspecified atom stereocenters. The van der Waals surface area contributed by atoms with Crippen LogP contribution in [0.2, 0.25) is 0 Å². The second-order valence-corrected chi connectivity index (χ2v) is 5.16. The highest BCUT2D eigenvalue weighted by Crippen LogP contribution is 2.53. The second kappa shape index (κ2) is 2.98. The summed E-state index contributed by atoms with van der Waals surface area (Å²) in [6.07, 6.45) is 11.5. The lowest BCUT2D eigenvalue weighted by atomic mass is 9.78. The van der Waals surface area contributed by atoms with Gasteiger partial charge in [0.2, 0.25) is 0 Å². The molecule has 2 atom stereocenters. The molecule has 2 saturated carbocycles. The minimum absolute atomic E-state index is 0.385. The molecule has 1 nitrogen and oxygen atoms in total. The average molecular weight is 180 g/mol. The predicted molar refractivity (Wildman–Crippen MR) is 52.6 cm³/mol. The lowest BCUT2D eigenvalue weighted by Gasteiger charge is -2.35.